The van der Waals surface area contributed by atoms with E-state index in [0.29, 0.717) is 12.0 Å². The Labute approximate surface area is 74.9 Å². The molecule has 0 aliphatic carbocycles. The van der Waals surface area contributed by atoms with Crippen LogP contribution in [0.3, 0.4) is 0 Å². The predicted octanol–water partition coefficient (Wildman–Crippen LogP) is 1.70. The summed E-state index contributed by atoms with van der Waals surface area (Å²) < 4.78 is 0. The Bertz CT molecular complexity index is 148. The SMILES string of the molecule is CCC1(C)CCN(CC=O)CC1. The molecule has 0 unspecified atom stereocenters. The first-order valence-electron chi connectivity index (χ1n) is 4.86. The zero-order chi connectivity index (χ0) is 9.03. The van der Waals surface area contributed by atoms with Gasteiger partial charge in [-0.1, -0.05) is 20.3 Å². The Morgan fingerprint density at radius 3 is 2.42 bits per heavy atom. The quantitative estimate of drug-likeness (QED) is 0.599. The average Bonchev–Trinajstić information content (AvgIpc) is 2.10. The van der Waals surface area contributed by atoms with Crippen LogP contribution in [0.4, 0.5) is 0 Å². The average molecular weight is 169 g/mol. The highest BCUT2D eigenvalue weighted by Crippen LogP contribution is 2.33. The van der Waals surface area contributed by atoms with Gasteiger partial charge in [-0.15, -0.1) is 0 Å². The van der Waals surface area contributed by atoms with E-state index < -0.39 is 0 Å². The Balaban J connectivity index is 2.33. The largest absolute Gasteiger partial charge is 0.302 e. The summed E-state index contributed by atoms with van der Waals surface area (Å²) in [6, 6.07) is 0. The van der Waals surface area contributed by atoms with Crippen LogP contribution in [-0.4, -0.2) is 30.8 Å². The van der Waals surface area contributed by atoms with Crippen molar-refractivity contribution in [3.05, 3.63) is 0 Å². The van der Waals surface area contributed by atoms with Gasteiger partial charge in [-0.3, -0.25) is 4.90 Å². The summed E-state index contributed by atoms with van der Waals surface area (Å²) in [5.74, 6) is 0. The summed E-state index contributed by atoms with van der Waals surface area (Å²) in [6.45, 7) is 7.44. The smallest absolute Gasteiger partial charge is 0.133 e. The summed E-state index contributed by atoms with van der Waals surface area (Å²) in [5, 5.41) is 0. The fraction of sp³-hybridized carbons (Fsp3) is 0.900. The van der Waals surface area contributed by atoms with E-state index in [9.17, 15) is 4.79 Å². The molecule has 70 valence electrons. The summed E-state index contributed by atoms with van der Waals surface area (Å²) >= 11 is 0. The number of piperidine rings is 1. The summed E-state index contributed by atoms with van der Waals surface area (Å²) in [7, 11) is 0. The molecule has 1 aliphatic heterocycles. The van der Waals surface area contributed by atoms with Crippen LogP contribution in [0.15, 0.2) is 0 Å². The minimum Gasteiger partial charge on any atom is -0.302 e. The molecule has 1 saturated heterocycles. The van der Waals surface area contributed by atoms with E-state index >= 15 is 0 Å². The number of likely N-dealkylation sites (tertiary alicyclic amines) is 1. The molecule has 0 aromatic rings. The number of hydrogen-bond donors (Lipinski definition) is 0. The Hall–Kier alpha value is -0.370. The van der Waals surface area contributed by atoms with Gasteiger partial charge in [0.25, 0.3) is 0 Å². The maximum atomic E-state index is 10.3. The Kier molecular flexibility index (Phi) is 3.27. The molecule has 1 heterocycles. The van der Waals surface area contributed by atoms with E-state index in [1.807, 2.05) is 0 Å². The molecule has 1 rings (SSSR count). The molecule has 0 saturated carbocycles. The van der Waals surface area contributed by atoms with Crippen molar-refractivity contribution in [3.8, 4) is 0 Å². The third kappa shape index (κ3) is 2.31. The van der Waals surface area contributed by atoms with E-state index in [1.54, 1.807) is 0 Å². The van der Waals surface area contributed by atoms with Crippen LogP contribution in [0.25, 0.3) is 0 Å². The second-order valence-electron chi connectivity index (χ2n) is 4.13. The van der Waals surface area contributed by atoms with Gasteiger partial charge in [0.05, 0.1) is 6.54 Å². The lowest BCUT2D eigenvalue weighted by atomic mass is 9.78. The van der Waals surface area contributed by atoms with Crippen molar-refractivity contribution in [2.24, 2.45) is 5.41 Å². The van der Waals surface area contributed by atoms with Crippen LogP contribution in [0.5, 0.6) is 0 Å². The zero-order valence-electron chi connectivity index (χ0n) is 8.18. The zero-order valence-corrected chi connectivity index (χ0v) is 8.18. The van der Waals surface area contributed by atoms with Crippen molar-refractivity contribution in [2.75, 3.05) is 19.6 Å². The maximum absolute atomic E-state index is 10.3. The number of rotatable bonds is 3. The summed E-state index contributed by atoms with van der Waals surface area (Å²) in [4.78, 5) is 12.5. The standard InChI is InChI=1S/C10H19NO/c1-3-10(2)4-6-11(7-5-10)8-9-12/h9H,3-8H2,1-2H3. The molecule has 0 aromatic carbocycles. The lowest BCUT2D eigenvalue weighted by Crippen LogP contribution is -2.39. The Morgan fingerprint density at radius 1 is 1.42 bits per heavy atom. The van der Waals surface area contributed by atoms with Gasteiger partial charge in [0.2, 0.25) is 0 Å². The molecule has 0 radical (unpaired) electrons. The molecule has 0 bridgehead atoms. The van der Waals surface area contributed by atoms with Crippen LogP contribution in [0, 0.1) is 5.41 Å². The van der Waals surface area contributed by atoms with E-state index in [1.165, 1.54) is 19.3 Å². The highest BCUT2D eigenvalue weighted by molar-refractivity contribution is 5.51. The highest BCUT2D eigenvalue weighted by atomic mass is 16.1. The molecule has 1 aliphatic rings. The van der Waals surface area contributed by atoms with Crippen LogP contribution in [0.1, 0.15) is 33.1 Å². The topological polar surface area (TPSA) is 20.3 Å². The lowest BCUT2D eigenvalue weighted by Gasteiger charge is -2.38. The third-order valence-corrected chi connectivity index (χ3v) is 3.25. The van der Waals surface area contributed by atoms with Crippen molar-refractivity contribution in [3.63, 3.8) is 0 Å². The van der Waals surface area contributed by atoms with Crippen molar-refractivity contribution in [2.45, 2.75) is 33.1 Å². The minimum atomic E-state index is 0.541. The van der Waals surface area contributed by atoms with E-state index in [2.05, 4.69) is 18.7 Å². The van der Waals surface area contributed by atoms with Gasteiger partial charge in [0.1, 0.15) is 6.29 Å². The molecular formula is C10H19NO. The summed E-state index contributed by atoms with van der Waals surface area (Å²) in [6.07, 6.45) is 4.77. The van der Waals surface area contributed by atoms with Gasteiger partial charge in [0.15, 0.2) is 0 Å². The minimum absolute atomic E-state index is 0.541. The lowest BCUT2D eigenvalue weighted by molar-refractivity contribution is -0.109. The van der Waals surface area contributed by atoms with Crippen LogP contribution in [0.2, 0.25) is 0 Å². The normalized spacial score (nSPS) is 23.8. The Morgan fingerprint density at radius 2 is 2.00 bits per heavy atom. The molecule has 1 fully saturated rings. The molecule has 0 amide bonds. The number of aldehydes is 1. The third-order valence-electron chi connectivity index (χ3n) is 3.25. The van der Waals surface area contributed by atoms with Crippen molar-refractivity contribution in [1.29, 1.82) is 0 Å². The van der Waals surface area contributed by atoms with E-state index in [0.717, 1.165) is 19.4 Å². The molecule has 0 aromatic heterocycles. The first kappa shape index (κ1) is 9.72. The number of carbonyl (C=O) groups excluding carboxylic acids is 1. The molecule has 2 nitrogen and oxygen atoms in total. The first-order chi connectivity index (χ1) is 5.70. The number of carbonyl (C=O) groups is 1. The number of hydrogen-bond acceptors (Lipinski definition) is 2. The van der Waals surface area contributed by atoms with Crippen LogP contribution >= 0.6 is 0 Å². The van der Waals surface area contributed by atoms with Crippen LogP contribution < -0.4 is 0 Å². The molecule has 12 heavy (non-hydrogen) atoms. The highest BCUT2D eigenvalue weighted by Gasteiger charge is 2.27. The van der Waals surface area contributed by atoms with Gasteiger partial charge < -0.3 is 4.79 Å². The van der Waals surface area contributed by atoms with Gasteiger partial charge in [-0.2, -0.15) is 0 Å². The fourth-order valence-corrected chi connectivity index (χ4v) is 1.73. The monoisotopic (exact) mass is 169 g/mol. The second kappa shape index (κ2) is 4.04. The molecular weight excluding hydrogens is 150 g/mol. The first-order valence-corrected chi connectivity index (χ1v) is 4.86. The number of nitrogens with zero attached hydrogens (tertiary/aromatic N) is 1. The molecule has 0 atom stereocenters. The van der Waals surface area contributed by atoms with Gasteiger partial charge in [0, 0.05) is 0 Å². The fourth-order valence-electron chi connectivity index (χ4n) is 1.73. The van der Waals surface area contributed by atoms with Crippen LogP contribution in [-0.2, 0) is 4.79 Å². The molecule has 2 heteroatoms. The summed E-state index contributed by atoms with van der Waals surface area (Å²) in [5.41, 5.74) is 0.541. The predicted molar refractivity (Wildman–Crippen MR) is 50.1 cm³/mol. The van der Waals surface area contributed by atoms with E-state index in [-0.39, 0.29) is 0 Å². The second-order valence-corrected chi connectivity index (χ2v) is 4.13. The van der Waals surface area contributed by atoms with Gasteiger partial charge >= 0.3 is 0 Å². The van der Waals surface area contributed by atoms with Crippen molar-refractivity contribution < 1.29 is 4.79 Å². The molecule has 0 N–H and O–H groups in total. The molecule has 0 spiro atoms. The van der Waals surface area contributed by atoms with Crippen molar-refractivity contribution in [1.82, 2.24) is 4.90 Å². The van der Waals surface area contributed by atoms with E-state index in [4.69, 9.17) is 0 Å². The maximum Gasteiger partial charge on any atom is 0.133 e. The van der Waals surface area contributed by atoms with Gasteiger partial charge in [-0.05, 0) is 31.3 Å². The van der Waals surface area contributed by atoms with Crippen molar-refractivity contribution >= 4 is 6.29 Å². The van der Waals surface area contributed by atoms with Gasteiger partial charge in [-0.25, -0.2) is 0 Å².